The molecule has 0 unspecified atom stereocenters. The van der Waals surface area contributed by atoms with Crippen LogP contribution in [0.2, 0.25) is 0 Å². The van der Waals surface area contributed by atoms with E-state index in [4.69, 9.17) is 9.47 Å². The number of hydrogen-bond acceptors (Lipinski definition) is 3. The van der Waals surface area contributed by atoms with Gasteiger partial charge >= 0.3 is 6.09 Å². The molecule has 0 fully saturated rings. The quantitative estimate of drug-likeness (QED) is 0.578. The van der Waals surface area contributed by atoms with Gasteiger partial charge in [-0.15, -0.1) is 0 Å². The van der Waals surface area contributed by atoms with Crippen LogP contribution < -0.4 is 10.1 Å². The smallest absolute Gasteiger partial charge is 0.407 e. The molecular formula is C16H15FINO3. The number of benzene rings is 2. The molecule has 0 saturated heterocycles. The van der Waals surface area contributed by atoms with E-state index in [1.807, 2.05) is 52.9 Å². The lowest BCUT2D eigenvalue weighted by atomic mass is 10.2. The Hall–Kier alpha value is -1.83. The molecule has 6 heteroatoms. The van der Waals surface area contributed by atoms with Crippen LogP contribution in [0.25, 0.3) is 0 Å². The molecule has 0 heterocycles. The van der Waals surface area contributed by atoms with Crippen molar-refractivity contribution in [3.63, 3.8) is 0 Å². The van der Waals surface area contributed by atoms with Crippen molar-refractivity contribution in [3.8, 4) is 5.75 Å². The van der Waals surface area contributed by atoms with Crippen molar-refractivity contribution in [1.29, 1.82) is 0 Å². The van der Waals surface area contributed by atoms with Gasteiger partial charge in [-0.3, -0.25) is 0 Å². The molecule has 116 valence electrons. The van der Waals surface area contributed by atoms with Crippen molar-refractivity contribution in [3.05, 3.63) is 63.5 Å². The SMILES string of the molecule is O=C(NCCOc1c(F)cccc1I)OCc1ccccc1. The van der Waals surface area contributed by atoms with Gasteiger partial charge in [0.15, 0.2) is 11.6 Å². The van der Waals surface area contributed by atoms with E-state index in [2.05, 4.69) is 5.32 Å². The third kappa shape index (κ3) is 5.18. The standard InChI is InChI=1S/C16H15FINO3/c17-13-7-4-8-14(18)15(13)21-10-9-19-16(20)22-11-12-5-2-1-3-6-12/h1-8H,9-11H2,(H,19,20). The van der Waals surface area contributed by atoms with Crippen LogP contribution in [0.1, 0.15) is 5.56 Å². The van der Waals surface area contributed by atoms with Crippen LogP contribution in [0.4, 0.5) is 9.18 Å². The first-order chi connectivity index (χ1) is 10.7. The predicted molar refractivity (Wildman–Crippen MR) is 89.2 cm³/mol. The lowest BCUT2D eigenvalue weighted by Crippen LogP contribution is -2.28. The average Bonchev–Trinajstić information content (AvgIpc) is 2.53. The Bertz CT molecular complexity index is 602. The molecule has 0 aliphatic rings. The number of para-hydroxylation sites is 1. The largest absolute Gasteiger partial charge is 0.488 e. The summed E-state index contributed by atoms with van der Waals surface area (Å²) in [7, 11) is 0. The number of ether oxygens (including phenoxy) is 2. The van der Waals surface area contributed by atoms with Crippen LogP contribution in [-0.2, 0) is 11.3 Å². The minimum Gasteiger partial charge on any atom is -0.488 e. The summed E-state index contributed by atoms with van der Waals surface area (Å²) in [6.45, 7) is 0.605. The number of rotatable bonds is 6. The molecule has 0 aromatic heterocycles. The number of halogens is 2. The number of nitrogens with one attached hydrogen (secondary N) is 1. The molecule has 22 heavy (non-hydrogen) atoms. The first kappa shape index (κ1) is 16.5. The summed E-state index contributed by atoms with van der Waals surface area (Å²) in [6, 6.07) is 14.1. The van der Waals surface area contributed by atoms with Gasteiger partial charge in [0.2, 0.25) is 0 Å². The molecule has 0 aliphatic carbocycles. The lowest BCUT2D eigenvalue weighted by Gasteiger charge is -2.10. The van der Waals surface area contributed by atoms with Crippen LogP contribution in [0.3, 0.4) is 0 Å². The zero-order chi connectivity index (χ0) is 15.8. The number of amides is 1. The van der Waals surface area contributed by atoms with Crippen molar-refractivity contribution >= 4 is 28.7 Å². The highest BCUT2D eigenvalue weighted by Crippen LogP contribution is 2.23. The molecule has 0 radical (unpaired) electrons. The van der Waals surface area contributed by atoms with E-state index in [9.17, 15) is 9.18 Å². The van der Waals surface area contributed by atoms with Crippen molar-refractivity contribution in [1.82, 2.24) is 5.32 Å². The van der Waals surface area contributed by atoms with Gasteiger partial charge < -0.3 is 14.8 Å². The van der Waals surface area contributed by atoms with E-state index in [0.29, 0.717) is 3.57 Å². The average molecular weight is 415 g/mol. The van der Waals surface area contributed by atoms with Crippen LogP contribution in [-0.4, -0.2) is 19.2 Å². The second-order valence-electron chi connectivity index (χ2n) is 4.39. The van der Waals surface area contributed by atoms with Crippen molar-refractivity contribution < 1.29 is 18.7 Å². The highest BCUT2D eigenvalue weighted by atomic mass is 127. The van der Waals surface area contributed by atoms with Crippen LogP contribution in [0.15, 0.2) is 48.5 Å². The fraction of sp³-hybridized carbons (Fsp3) is 0.188. The molecule has 0 bridgehead atoms. The predicted octanol–water partition coefficient (Wildman–Crippen LogP) is 3.74. The molecule has 0 spiro atoms. The highest BCUT2D eigenvalue weighted by molar-refractivity contribution is 14.1. The van der Waals surface area contributed by atoms with E-state index in [0.717, 1.165) is 5.56 Å². The normalized spacial score (nSPS) is 10.1. The van der Waals surface area contributed by atoms with E-state index in [-0.39, 0.29) is 25.5 Å². The Kier molecular flexibility index (Phi) is 6.45. The Morgan fingerprint density at radius 1 is 1.14 bits per heavy atom. The van der Waals surface area contributed by atoms with Crippen molar-refractivity contribution in [2.24, 2.45) is 0 Å². The van der Waals surface area contributed by atoms with Gasteiger partial charge in [-0.05, 0) is 40.3 Å². The first-order valence-electron chi connectivity index (χ1n) is 6.68. The zero-order valence-electron chi connectivity index (χ0n) is 11.7. The molecule has 4 nitrogen and oxygen atoms in total. The number of carbonyl (C=O) groups excluding carboxylic acids is 1. The van der Waals surface area contributed by atoms with Gasteiger partial charge in [0.25, 0.3) is 0 Å². The highest BCUT2D eigenvalue weighted by Gasteiger charge is 2.08. The fourth-order valence-electron chi connectivity index (χ4n) is 1.70. The van der Waals surface area contributed by atoms with E-state index in [1.54, 1.807) is 12.1 Å². The molecule has 0 aliphatic heterocycles. The van der Waals surface area contributed by atoms with Crippen LogP contribution in [0, 0.1) is 9.39 Å². The molecule has 0 saturated carbocycles. The molecular weight excluding hydrogens is 400 g/mol. The van der Waals surface area contributed by atoms with Crippen molar-refractivity contribution in [2.45, 2.75) is 6.61 Å². The maximum Gasteiger partial charge on any atom is 0.407 e. The number of hydrogen-bond donors (Lipinski definition) is 1. The third-order valence-corrected chi connectivity index (χ3v) is 3.60. The van der Waals surface area contributed by atoms with Gasteiger partial charge in [-0.1, -0.05) is 36.4 Å². The van der Waals surface area contributed by atoms with E-state index < -0.39 is 11.9 Å². The summed E-state index contributed by atoms with van der Waals surface area (Å²) in [5.74, 6) is -0.221. The van der Waals surface area contributed by atoms with Gasteiger partial charge in [-0.25, -0.2) is 9.18 Å². The molecule has 0 atom stereocenters. The maximum atomic E-state index is 13.5. The zero-order valence-corrected chi connectivity index (χ0v) is 13.9. The fourth-order valence-corrected chi connectivity index (χ4v) is 2.32. The molecule has 1 N–H and O–H groups in total. The summed E-state index contributed by atoms with van der Waals surface area (Å²) in [4.78, 5) is 11.5. The minimum absolute atomic E-state index is 0.164. The van der Waals surface area contributed by atoms with Gasteiger partial charge in [0.1, 0.15) is 13.2 Å². The second-order valence-corrected chi connectivity index (χ2v) is 5.55. The second kappa shape index (κ2) is 8.57. The Morgan fingerprint density at radius 2 is 1.91 bits per heavy atom. The van der Waals surface area contributed by atoms with Gasteiger partial charge in [0.05, 0.1) is 10.1 Å². The number of alkyl carbamates (subject to hydrolysis) is 1. The van der Waals surface area contributed by atoms with Crippen LogP contribution >= 0.6 is 22.6 Å². The van der Waals surface area contributed by atoms with E-state index >= 15 is 0 Å². The Balaban J connectivity index is 1.67. The molecule has 2 rings (SSSR count). The third-order valence-electron chi connectivity index (χ3n) is 2.75. The summed E-state index contributed by atoms with van der Waals surface area (Å²) >= 11 is 1.99. The summed E-state index contributed by atoms with van der Waals surface area (Å²) in [6.07, 6.45) is -0.532. The maximum absolute atomic E-state index is 13.5. The monoisotopic (exact) mass is 415 g/mol. The number of carbonyl (C=O) groups is 1. The summed E-state index contributed by atoms with van der Waals surface area (Å²) in [5, 5.41) is 2.55. The lowest BCUT2D eigenvalue weighted by molar-refractivity contribution is 0.137. The van der Waals surface area contributed by atoms with Crippen LogP contribution in [0.5, 0.6) is 5.75 Å². The summed E-state index contributed by atoms with van der Waals surface area (Å²) < 4.78 is 24.6. The molecule has 2 aromatic rings. The molecule has 1 amide bonds. The molecule has 2 aromatic carbocycles. The van der Waals surface area contributed by atoms with Gasteiger partial charge in [0, 0.05) is 0 Å². The topological polar surface area (TPSA) is 47.6 Å². The first-order valence-corrected chi connectivity index (χ1v) is 7.76. The Labute approximate surface area is 141 Å². The summed E-state index contributed by atoms with van der Waals surface area (Å²) in [5.41, 5.74) is 0.912. The minimum atomic E-state index is -0.532. The van der Waals surface area contributed by atoms with Gasteiger partial charge in [-0.2, -0.15) is 0 Å². The Morgan fingerprint density at radius 3 is 2.64 bits per heavy atom. The van der Waals surface area contributed by atoms with E-state index in [1.165, 1.54) is 6.07 Å². The van der Waals surface area contributed by atoms with Crippen molar-refractivity contribution in [2.75, 3.05) is 13.2 Å².